The molecule has 1 saturated carbocycles. The Kier molecular flexibility index (Phi) is 5.02. The third-order valence-corrected chi connectivity index (χ3v) is 4.91. The van der Waals surface area contributed by atoms with Crippen molar-refractivity contribution in [2.24, 2.45) is 0 Å². The van der Waals surface area contributed by atoms with Crippen molar-refractivity contribution in [1.29, 1.82) is 0 Å². The first kappa shape index (κ1) is 18.0. The Labute approximate surface area is 153 Å². The van der Waals surface area contributed by atoms with Crippen molar-refractivity contribution < 1.29 is 19.4 Å². The Hall–Kier alpha value is -2.76. The highest BCUT2D eigenvalue weighted by molar-refractivity contribution is 5.65. The molecule has 1 fully saturated rings. The summed E-state index contributed by atoms with van der Waals surface area (Å²) in [5, 5.41) is 11.1. The van der Waals surface area contributed by atoms with Crippen LogP contribution in [0, 0.1) is 0 Å². The lowest BCUT2D eigenvalue weighted by molar-refractivity contribution is 0.0830. The first-order chi connectivity index (χ1) is 12.4. The third-order valence-electron chi connectivity index (χ3n) is 4.91. The predicted molar refractivity (Wildman–Crippen MR) is 98.0 cm³/mol. The molecule has 6 heteroatoms. The number of carbonyl (C=O) groups is 1. The number of nitrogens with one attached hydrogen (secondary N) is 1. The molecular weight excluding hydrogens is 332 g/mol. The van der Waals surface area contributed by atoms with Gasteiger partial charge in [-0.3, -0.25) is 4.98 Å². The van der Waals surface area contributed by atoms with Gasteiger partial charge in [0, 0.05) is 24.3 Å². The number of nitrogens with zero attached hydrogens (tertiary/aromatic N) is 1. The number of methoxy groups -OCH3 is 1. The minimum absolute atomic E-state index is 0.0151. The lowest BCUT2D eigenvalue weighted by Crippen LogP contribution is -2.48. The molecule has 0 unspecified atom stereocenters. The van der Waals surface area contributed by atoms with Gasteiger partial charge in [0.1, 0.15) is 17.6 Å². The van der Waals surface area contributed by atoms with Crippen LogP contribution in [0.1, 0.15) is 37.9 Å². The Morgan fingerprint density at radius 1 is 1.15 bits per heavy atom. The Morgan fingerprint density at radius 3 is 2.35 bits per heavy atom. The van der Waals surface area contributed by atoms with Crippen LogP contribution in [0.3, 0.4) is 0 Å². The Balaban J connectivity index is 1.62. The first-order valence-corrected chi connectivity index (χ1v) is 8.65. The van der Waals surface area contributed by atoms with E-state index in [1.165, 1.54) is 0 Å². The number of carboxylic acid groups (broad SMARTS) is 1. The van der Waals surface area contributed by atoms with Crippen LogP contribution < -0.4 is 14.8 Å². The number of benzene rings is 1. The molecule has 0 bridgehead atoms. The monoisotopic (exact) mass is 356 g/mol. The average Bonchev–Trinajstić information content (AvgIpc) is 2.60. The standard InChI is InChI=1S/C20H24N2O4/c1-20(2,13-4-6-15(25-3)7-5-13)18-9-8-16(12-21-18)26-17-10-14(11-17)22-19(23)24/h4-9,12,14,17,22H,10-11H2,1-3H3,(H,23,24). The molecular formula is C20H24N2O4. The molecule has 26 heavy (non-hydrogen) atoms. The molecule has 6 nitrogen and oxygen atoms in total. The molecule has 1 aromatic carbocycles. The highest BCUT2D eigenvalue weighted by atomic mass is 16.5. The van der Waals surface area contributed by atoms with Gasteiger partial charge in [-0.15, -0.1) is 0 Å². The number of hydrogen-bond acceptors (Lipinski definition) is 4. The molecule has 0 radical (unpaired) electrons. The topological polar surface area (TPSA) is 80.7 Å². The smallest absolute Gasteiger partial charge is 0.404 e. The quantitative estimate of drug-likeness (QED) is 0.827. The molecule has 0 atom stereocenters. The molecule has 0 spiro atoms. The van der Waals surface area contributed by atoms with Gasteiger partial charge < -0.3 is 19.9 Å². The second-order valence-electron chi connectivity index (χ2n) is 7.09. The van der Waals surface area contributed by atoms with Gasteiger partial charge in [-0.2, -0.15) is 0 Å². The molecule has 3 rings (SSSR count). The SMILES string of the molecule is COc1ccc(C(C)(C)c2ccc(OC3CC(NC(=O)O)C3)cn2)cc1. The van der Waals surface area contributed by atoms with Crippen LogP contribution in [0.15, 0.2) is 42.6 Å². The summed E-state index contributed by atoms with van der Waals surface area (Å²) in [5.41, 5.74) is 1.87. The van der Waals surface area contributed by atoms with E-state index < -0.39 is 6.09 Å². The van der Waals surface area contributed by atoms with Crippen molar-refractivity contribution >= 4 is 6.09 Å². The van der Waals surface area contributed by atoms with Gasteiger partial charge in [-0.05, 0) is 29.8 Å². The number of hydrogen-bond donors (Lipinski definition) is 2. The van der Waals surface area contributed by atoms with E-state index in [2.05, 4.69) is 36.3 Å². The van der Waals surface area contributed by atoms with E-state index in [0.29, 0.717) is 18.6 Å². The summed E-state index contributed by atoms with van der Waals surface area (Å²) in [7, 11) is 1.66. The highest BCUT2D eigenvalue weighted by Gasteiger charge is 2.32. The molecule has 1 amide bonds. The van der Waals surface area contributed by atoms with Crippen molar-refractivity contribution in [3.8, 4) is 11.5 Å². The average molecular weight is 356 g/mol. The summed E-state index contributed by atoms with van der Waals surface area (Å²) < 4.78 is 11.1. The van der Waals surface area contributed by atoms with Gasteiger partial charge in [-0.1, -0.05) is 26.0 Å². The molecule has 0 saturated heterocycles. The number of pyridine rings is 1. The Bertz CT molecular complexity index is 750. The van der Waals surface area contributed by atoms with Crippen LogP contribution >= 0.6 is 0 Å². The predicted octanol–water partition coefficient (Wildman–Crippen LogP) is 3.59. The summed E-state index contributed by atoms with van der Waals surface area (Å²) in [6.07, 6.45) is 2.16. The van der Waals surface area contributed by atoms with Crippen LogP contribution in [0.25, 0.3) is 0 Å². The number of aromatic nitrogens is 1. The van der Waals surface area contributed by atoms with Crippen molar-refractivity contribution in [2.75, 3.05) is 7.11 Å². The fourth-order valence-corrected chi connectivity index (χ4v) is 3.12. The minimum Gasteiger partial charge on any atom is -0.497 e. The van der Waals surface area contributed by atoms with E-state index >= 15 is 0 Å². The van der Waals surface area contributed by atoms with Crippen LogP contribution in [-0.2, 0) is 5.41 Å². The maximum atomic E-state index is 10.6. The second kappa shape index (κ2) is 7.23. The van der Waals surface area contributed by atoms with E-state index in [0.717, 1.165) is 17.0 Å². The summed E-state index contributed by atoms with van der Waals surface area (Å²) >= 11 is 0. The summed E-state index contributed by atoms with van der Waals surface area (Å²) in [4.78, 5) is 15.2. The maximum absolute atomic E-state index is 10.6. The largest absolute Gasteiger partial charge is 0.497 e. The van der Waals surface area contributed by atoms with Gasteiger partial charge in [0.25, 0.3) is 0 Å². The molecule has 1 aromatic heterocycles. The Morgan fingerprint density at radius 2 is 1.81 bits per heavy atom. The highest BCUT2D eigenvalue weighted by Crippen LogP contribution is 2.32. The summed E-state index contributed by atoms with van der Waals surface area (Å²) in [6.45, 7) is 4.26. The van der Waals surface area contributed by atoms with Crippen molar-refractivity contribution in [2.45, 2.75) is 44.2 Å². The molecule has 1 aliphatic carbocycles. The fourth-order valence-electron chi connectivity index (χ4n) is 3.12. The summed E-state index contributed by atoms with van der Waals surface area (Å²) in [6, 6.07) is 11.9. The van der Waals surface area contributed by atoms with E-state index in [-0.39, 0.29) is 17.6 Å². The molecule has 2 N–H and O–H groups in total. The molecule has 1 heterocycles. The van der Waals surface area contributed by atoms with Crippen LogP contribution in [-0.4, -0.2) is 35.4 Å². The molecule has 0 aliphatic heterocycles. The minimum atomic E-state index is -0.986. The van der Waals surface area contributed by atoms with Crippen LogP contribution in [0.2, 0.25) is 0 Å². The zero-order valence-corrected chi connectivity index (χ0v) is 15.2. The fraction of sp³-hybridized carbons (Fsp3) is 0.400. The van der Waals surface area contributed by atoms with Crippen LogP contribution in [0.5, 0.6) is 11.5 Å². The second-order valence-corrected chi connectivity index (χ2v) is 7.09. The van der Waals surface area contributed by atoms with Crippen LogP contribution in [0.4, 0.5) is 4.79 Å². The van der Waals surface area contributed by atoms with E-state index in [9.17, 15) is 4.79 Å². The summed E-state index contributed by atoms with van der Waals surface area (Å²) in [5.74, 6) is 1.54. The molecule has 1 aliphatic rings. The van der Waals surface area contributed by atoms with Gasteiger partial charge >= 0.3 is 6.09 Å². The van der Waals surface area contributed by atoms with E-state index in [1.54, 1.807) is 13.3 Å². The number of rotatable bonds is 6. The van der Waals surface area contributed by atoms with E-state index in [1.807, 2.05) is 24.3 Å². The zero-order valence-electron chi connectivity index (χ0n) is 15.2. The normalized spacial score (nSPS) is 19.3. The lowest BCUT2D eigenvalue weighted by atomic mass is 9.81. The molecule has 2 aromatic rings. The third kappa shape index (κ3) is 3.90. The maximum Gasteiger partial charge on any atom is 0.404 e. The van der Waals surface area contributed by atoms with Crippen molar-refractivity contribution in [3.05, 3.63) is 53.9 Å². The van der Waals surface area contributed by atoms with Crippen molar-refractivity contribution in [1.82, 2.24) is 10.3 Å². The van der Waals surface area contributed by atoms with Gasteiger partial charge in [0.2, 0.25) is 0 Å². The number of ether oxygens (including phenoxy) is 2. The van der Waals surface area contributed by atoms with E-state index in [4.69, 9.17) is 14.6 Å². The number of amides is 1. The van der Waals surface area contributed by atoms with Gasteiger partial charge in [0.05, 0.1) is 19.0 Å². The van der Waals surface area contributed by atoms with Gasteiger partial charge in [0.15, 0.2) is 0 Å². The molecule has 138 valence electrons. The van der Waals surface area contributed by atoms with Gasteiger partial charge in [-0.25, -0.2) is 4.79 Å². The lowest BCUT2D eigenvalue weighted by Gasteiger charge is -2.35. The zero-order chi connectivity index (χ0) is 18.7. The first-order valence-electron chi connectivity index (χ1n) is 8.65. The van der Waals surface area contributed by atoms with Crippen molar-refractivity contribution in [3.63, 3.8) is 0 Å².